The third-order valence-electron chi connectivity index (χ3n) is 5.14. The second-order valence-corrected chi connectivity index (χ2v) is 8.43. The van der Waals surface area contributed by atoms with Gasteiger partial charge in [-0.25, -0.2) is 9.78 Å². The van der Waals surface area contributed by atoms with Gasteiger partial charge in [-0.15, -0.1) is 11.3 Å². The third kappa shape index (κ3) is 3.97. The van der Waals surface area contributed by atoms with E-state index in [9.17, 15) is 18.0 Å². The highest BCUT2D eigenvalue weighted by Crippen LogP contribution is 2.42. The van der Waals surface area contributed by atoms with Gasteiger partial charge in [0.1, 0.15) is 5.60 Å². The SMILES string of the molecule is O=C(Nc1nc(C(F)(F)F)sc1-c1cccc(Cl)c1)OC12CCN(CC1)CC2. The number of rotatable bonds is 3. The van der Waals surface area contributed by atoms with Gasteiger partial charge in [0, 0.05) is 43.9 Å². The van der Waals surface area contributed by atoms with Crippen LogP contribution < -0.4 is 5.32 Å². The summed E-state index contributed by atoms with van der Waals surface area (Å²) in [7, 11) is 0. The van der Waals surface area contributed by atoms with Gasteiger partial charge in [-0.3, -0.25) is 5.32 Å². The van der Waals surface area contributed by atoms with Crippen LogP contribution in [0.1, 0.15) is 24.3 Å². The molecule has 0 radical (unpaired) electrons. The minimum atomic E-state index is -4.61. The number of fused-ring (bicyclic) bond motifs is 3. The first-order valence-electron chi connectivity index (χ1n) is 8.80. The van der Waals surface area contributed by atoms with E-state index >= 15 is 0 Å². The molecule has 0 saturated carbocycles. The van der Waals surface area contributed by atoms with Crippen molar-refractivity contribution in [2.75, 3.05) is 25.0 Å². The Kier molecular flexibility index (Phi) is 5.01. The minimum absolute atomic E-state index is 0.172. The maximum atomic E-state index is 13.2. The van der Waals surface area contributed by atoms with Crippen molar-refractivity contribution in [2.24, 2.45) is 0 Å². The molecule has 3 fully saturated rings. The average Bonchev–Trinajstić information content (AvgIpc) is 3.07. The predicted octanol–water partition coefficient (Wildman–Crippen LogP) is 5.27. The molecule has 3 aliphatic heterocycles. The van der Waals surface area contributed by atoms with Gasteiger partial charge in [0.25, 0.3) is 0 Å². The van der Waals surface area contributed by atoms with Crippen LogP contribution in [0.4, 0.5) is 23.8 Å². The van der Waals surface area contributed by atoms with E-state index in [1.165, 1.54) is 6.07 Å². The number of benzene rings is 1. The molecule has 0 atom stereocenters. The summed E-state index contributed by atoms with van der Waals surface area (Å²) >= 11 is 6.42. The fourth-order valence-electron chi connectivity index (χ4n) is 3.62. The van der Waals surface area contributed by atoms with E-state index in [0.717, 1.165) is 38.9 Å². The van der Waals surface area contributed by atoms with Crippen molar-refractivity contribution in [3.63, 3.8) is 0 Å². The van der Waals surface area contributed by atoms with Gasteiger partial charge in [0.15, 0.2) is 5.82 Å². The van der Waals surface area contributed by atoms with Crippen LogP contribution in [0.25, 0.3) is 10.4 Å². The van der Waals surface area contributed by atoms with Crippen molar-refractivity contribution in [3.8, 4) is 10.4 Å². The number of anilines is 1. The van der Waals surface area contributed by atoms with Gasteiger partial charge in [0.05, 0.1) is 4.88 Å². The highest BCUT2D eigenvalue weighted by molar-refractivity contribution is 7.15. The zero-order valence-corrected chi connectivity index (χ0v) is 16.3. The lowest BCUT2D eigenvalue weighted by Gasteiger charge is -2.47. The molecule has 10 heteroatoms. The van der Waals surface area contributed by atoms with Gasteiger partial charge < -0.3 is 9.64 Å². The van der Waals surface area contributed by atoms with E-state index in [-0.39, 0.29) is 10.7 Å². The number of piperidine rings is 3. The number of carbonyl (C=O) groups is 1. The summed E-state index contributed by atoms with van der Waals surface area (Å²) in [4.78, 5) is 18.6. The van der Waals surface area contributed by atoms with Crippen LogP contribution in [0.5, 0.6) is 0 Å². The molecule has 0 unspecified atom stereocenters. The Morgan fingerprint density at radius 1 is 1.25 bits per heavy atom. The van der Waals surface area contributed by atoms with Crippen LogP contribution in [-0.2, 0) is 10.9 Å². The Labute approximate surface area is 168 Å². The van der Waals surface area contributed by atoms with E-state index in [1.54, 1.807) is 18.2 Å². The number of hydrogen-bond acceptors (Lipinski definition) is 5. The molecule has 1 amide bonds. The molecule has 2 aromatic rings. The molecule has 3 saturated heterocycles. The van der Waals surface area contributed by atoms with Gasteiger partial charge in [0.2, 0.25) is 5.01 Å². The van der Waals surface area contributed by atoms with Gasteiger partial charge >= 0.3 is 12.3 Å². The Balaban J connectivity index is 1.59. The lowest BCUT2D eigenvalue weighted by atomic mass is 9.83. The van der Waals surface area contributed by atoms with Crippen molar-refractivity contribution in [3.05, 3.63) is 34.3 Å². The van der Waals surface area contributed by atoms with Crippen LogP contribution in [0.15, 0.2) is 24.3 Å². The molecule has 2 bridgehead atoms. The topological polar surface area (TPSA) is 54.5 Å². The van der Waals surface area contributed by atoms with Crippen LogP contribution in [0, 0.1) is 0 Å². The Morgan fingerprint density at radius 3 is 2.54 bits per heavy atom. The maximum absolute atomic E-state index is 13.2. The molecular formula is C18H17ClF3N3O2S. The number of alkyl halides is 3. The number of amides is 1. The number of halogens is 4. The van der Waals surface area contributed by atoms with Crippen LogP contribution in [0.3, 0.4) is 0 Å². The van der Waals surface area contributed by atoms with Crippen molar-refractivity contribution in [2.45, 2.75) is 31.0 Å². The van der Waals surface area contributed by atoms with E-state index in [2.05, 4.69) is 15.2 Å². The fraction of sp³-hybridized carbons (Fsp3) is 0.444. The standard InChI is InChI=1S/C18H17ClF3N3O2S/c19-12-3-1-2-11(10-12)13-14(23-15(28-13)18(20,21)22)24-16(26)27-17-4-7-25(8-5-17)9-6-17/h1-3,10H,4-9H2,(H,24,26). The van der Waals surface area contributed by atoms with Crippen LogP contribution in [0.2, 0.25) is 5.02 Å². The first-order valence-corrected chi connectivity index (χ1v) is 10.00. The molecule has 150 valence electrons. The predicted molar refractivity (Wildman–Crippen MR) is 101 cm³/mol. The minimum Gasteiger partial charge on any atom is -0.443 e. The zero-order chi connectivity index (χ0) is 19.9. The summed E-state index contributed by atoms with van der Waals surface area (Å²) in [6.07, 6.45) is -3.21. The molecule has 1 aromatic carbocycles. The molecular weight excluding hydrogens is 415 g/mol. The smallest absolute Gasteiger partial charge is 0.443 e. The highest BCUT2D eigenvalue weighted by Gasteiger charge is 2.43. The second-order valence-electron chi connectivity index (χ2n) is 6.99. The Morgan fingerprint density at radius 2 is 1.93 bits per heavy atom. The lowest BCUT2D eigenvalue weighted by Crippen LogP contribution is -2.54. The Bertz CT molecular complexity index is 881. The van der Waals surface area contributed by atoms with E-state index < -0.39 is 22.9 Å². The normalized spacial score (nSPS) is 24.2. The van der Waals surface area contributed by atoms with Crippen molar-refractivity contribution in [1.29, 1.82) is 0 Å². The largest absolute Gasteiger partial charge is 0.443 e. The van der Waals surface area contributed by atoms with E-state index in [1.807, 2.05) is 0 Å². The molecule has 4 heterocycles. The fourth-order valence-corrected chi connectivity index (χ4v) is 4.69. The second kappa shape index (κ2) is 7.20. The summed E-state index contributed by atoms with van der Waals surface area (Å²) in [5.74, 6) is -0.172. The summed E-state index contributed by atoms with van der Waals surface area (Å²) < 4.78 is 45.2. The molecule has 5 nitrogen and oxygen atoms in total. The first-order chi connectivity index (χ1) is 13.2. The number of nitrogens with zero attached hydrogens (tertiary/aromatic N) is 2. The van der Waals surface area contributed by atoms with Gasteiger partial charge in [-0.2, -0.15) is 13.2 Å². The number of aromatic nitrogens is 1. The van der Waals surface area contributed by atoms with Crippen LogP contribution in [-0.4, -0.2) is 41.2 Å². The number of hydrogen-bond donors (Lipinski definition) is 1. The summed E-state index contributed by atoms with van der Waals surface area (Å²) in [6, 6.07) is 6.39. The van der Waals surface area contributed by atoms with Gasteiger partial charge in [-0.05, 0) is 17.7 Å². The summed E-state index contributed by atoms with van der Waals surface area (Å²) in [5.41, 5.74) is -0.0993. The zero-order valence-electron chi connectivity index (χ0n) is 14.7. The lowest BCUT2D eigenvalue weighted by molar-refractivity contribution is -0.137. The molecule has 0 spiro atoms. The summed E-state index contributed by atoms with van der Waals surface area (Å²) in [6.45, 7) is 2.57. The third-order valence-corrected chi connectivity index (χ3v) is 6.52. The van der Waals surface area contributed by atoms with Crippen molar-refractivity contribution >= 4 is 34.8 Å². The number of carbonyl (C=O) groups excluding carboxylic acids is 1. The molecule has 3 aliphatic rings. The molecule has 0 aliphatic carbocycles. The first kappa shape index (κ1) is 19.5. The molecule has 28 heavy (non-hydrogen) atoms. The van der Waals surface area contributed by atoms with Crippen molar-refractivity contribution in [1.82, 2.24) is 9.88 Å². The maximum Gasteiger partial charge on any atom is 0.443 e. The van der Waals surface area contributed by atoms with Crippen LogP contribution >= 0.6 is 22.9 Å². The molecule has 1 aromatic heterocycles. The summed E-state index contributed by atoms with van der Waals surface area (Å²) in [5, 5.41) is 1.76. The number of thiazole rings is 1. The number of nitrogens with one attached hydrogen (secondary N) is 1. The van der Waals surface area contributed by atoms with Crippen molar-refractivity contribution < 1.29 is 22.7 Å². The van der Waals surface area contributed by atoms with Gasteiger partial charge in [-0.1, -0.05) is 23.7 Å². The monoisotopic (exact) mass is 431 g/mol. The number of ether oxygens (including phenoxy) is 1. The van der Waals surface area contributed by atoms with E-state index in [4.69, 9.17) is 16.3 Å². The molecule has 5 rings (SSSR count). The average molecular weight is 432 g/mol. The quantitative estimate of drug-likeness (QED) is 0.719. The molecule has 1 N–H and O–H groups in total. The Hall–Kier alpha value is -1.84. The van der Waals surface area contributed by atoms with E-state index in [0.29, 0.717) is 21.9 Å². The highest BCUT2D eigenvalue weighted by atomic mass is 35.5.